The van der Waals surface area contributed by atoms with E-state index in [2.05, 4.69) is 20.8 Å². The Morgan fingerprint density at radius 3 is 2.84 bits per heavy atom. The highest BCUT2D eigenvalue weighted by atomic mass is 32.2. The van der Waals surface area contributed by atoms with Crippen molar-refractivity contribution in [2.24, 2.45) is 5.73 Å². The van der Waals surface area contributed by atoms with Crippen molar-refractivity contribution >= 4 is 17.7 Å². The molecule has 2 rings (SSSR count). The molecule has 0 saturated heterocycles. The SMILES string of the molecule is CNC(CSc1nnnn1-c1ccccc1)C(N)=O. The van der Waals surface area contributed by atoms with Crippen molar-refractivity contribution in [3.05, 3.63) is 30.3 Å². The summed E-state index contributed by atoms with van der Waals surface area (Å²) in [5.41, 5.74) is 6.13. The number of thioether (sulfide) groups is 1. The molecule has 19 heavy (non-hydrogen) atoms. The Hall–Kier alpha value is -1.93. The first kappa shape index (κ1) is 13.5. The van der Waals surface area contributed by atoms with Gasteiger partial charge in [0.2, 0.25) is 11.1 Å². The molecule has 7 nitrogen and oxygen atoms in total. The van der Waals surface area contributed by atoms with Crippen LogP contribution in [0.2, 0.25) is 0 Å². The van der Waals surface area contributed by atoms with Gasteiger partial charge in [0, 0.05) is 5.75 Å². The highest BCUT2D eigenvalue weighted by Gasteiger charge is 2.16. The summed E-state index contributed by atoms with van der Waals surface area (Å²) in [6.45, 7) is 0. The molecule has 1 aromatic heterocycles. The number of likely N-dealkylation sites (N-methyl/N-ethyl adjacent to an activating group) is 1. The van der Waals surface area contributed by atoms with Crippen LogP contribution < -0.4 is 11.1 Å². The van der Waals surface area contributed by atoms with Gasteiger partial charge in [0.15, 0.2) is 0 Å². The highest BCUT2D eigenvalue weighted by Crippen LogP contribution is 2.18. The third-order valence-electron chi connectivity index (χ3n) is 2.51. The number of aromatic nitrogens is 4. The Morgan fingerprint density at radius 2 is 2.21 bits per heavy atom. The zero-order valence-electron chi connectivity index (χ0n) is 10.4. The molecule has 0 saturated carbocycles. The number of amides is 1. The molecule has 0 spiro atoms. The Bertz CT molecular complexity index is 543. The van der Waals surface area contributed by atoms with Crippen LogP contribution >= 0.6 is 11.8 Å². The minimum atomic E-state index is -0.411. The molecule has 1 aromatic carbocycles. The molecule has 8 heteroatoms. The number of para-hydroxylation sites is 1. The lowest BCUT2D eigenvalue weighted by Gasteiger charge is -2.10. The van der Waals surface area contributed by atoms with Crippen molar-refractivity contribution in [2.75, 3.05) is 12.8 Å². The third kappa shape index (κ3) is 3.30. The van der Waals surface area contributed by atoms with Gasteiger partial charge in [-0.25, -0.2) is 0 Å². The number of nitrogens with one attached hydrogen (secondary N) is 1. The van der Waals surface area contributed by atoms with Crippen LogP contribution in [0.25, 0.3) is 5.69 Å². The Balaban J connectivity index is 2.11. The van der Waals surface area contributed by atoms with Gasteiger partial charge >= 0.3 is 0 Å². The maximum Gasteiger partial charge on any atom is 0.235 e. The summed E-state index contributed by atoms with van der Waals surface area (Å²) in [5, 5.41) is 15.0. The number of hydrogen-bond donors (Lipinski definition) is 2. The normalized spacial score (nSPS) is 12.3. The summed E-state index contributed by atoms with van der Waals surface area (Å²) in [6, 6.07) is 9.14. The van der Waals surface area contributed by atoms with E-state index < -0.39 is 11.9 Å². The molecular weight excluding hydrogens is 264 g/mol. The number of carbonyl (C=O) groups excluding carboxylic acids is 1. The second-order valence-electron chi connectivity index (χ2n) is 3.76. The molecule has 0 radical (unpaired) electrons. The quantitative estimate of drug-likeness (QED) is 0.712. The molecule has 1 atom stereocenters. The summed E-state index contributed by atoms with van der Waals surface area (Å²) in [6.07, 6.45) is 0. The zero-order valence-corrected chi connectivity index (χ0v) is 11.2. The van der Waals surface area contributed by atoms with Crippen molar-refractivity contribution in [2.45, 2.75) is 11.2 Å². The lowest BCUT2D eigenvalue weighted by atomic mass is 10.3. The fourth-order valence-corrected chi connectivity index (χ4v) is 2.47. The summed E-state index contributed by atoms with van der Waals surface area (Å²) in [4.78, 5) is 11.1. The molecule has 0 aliphatic heterocycles. The van der Waals surface area contributed by atoms with E-state index in [1.165, 1.54) is 11.8 Å². The molecule has 0 fully saturated rings. The number of tetrazole rings is 1. The maximum atomic E-state index is 11.1. The highest BCUT2D eigenvalue weighted by molar-refractivity contribution is 7.99. The predicted octanol–water partition coefficient (Wildman–Crippen LogP) is -0.172. The largest absolute Gasteiger partial charge is 0.368 e. The van der Waals surface area contributed by atoms with Gasteiger partial charge in [-0.3, -0.25) is 4.79 Å². The topological polar surface area (TPSA) is 98.7 Å². The first-order chi connectivity index (χ1) is 9.22. The number of primary amides is 1. The number of nitrogens with two attached hydrogens (primary N) is 1. The Kier molecular flexibility index (Phi) is 4.48. The van der Waals surface area contributed by atoms with Crippen LogP contribution in [0.15, 0.2) is 35.5 Å². The maximum absolute atomic E-state index is 11.1. The van der Waals surface area contributed by atoms with Gasteiger partial charge in [0.1, 0.15) is 0 Å². The van der Waals surface area contributed by atoms with Crippen molar-refractivity contribution in [3.63, 3.8) is 0 Å². The van der Waals surface area contributed by atoms with Crippen molar-refractivity contribution in [1.29, 1.82) is 0 Å². The van der Waals surface area contributed by atoms with Crippen LogP contribution in [0.4, 0.5) is 0 Å². The van der Waals surface area contributed by atoms with Gasteiger partial charge in [-0.15, -0.1) is 5.10 Å². The molecule has 2 aromatic rings. The van der Waals surface area contributed by atoms with Gasteiger partial charge in [-0.1, -0.05) is 30.0 Å². The van der Waals surface area contributed by atoms with Crippen molar-refractivity contribution in [1.82, 2.24) is 25.5 Å². The van der Waals surface area contributed by atoms with E-state index in [-0.39, 0.29) is 0 Å². The van der Waals surface area contributed by atoms with E-state index in [9.17, 15) is 4.79 Å². The fourth-order valence-electron chi connectivity index (χ4n) is 1.47. The van der Waals surface area contributed by atoms with E-state index in [1.54, 1.807) is 11.7 Å². The summed E-state index contributed by atoms with van der Waals surface area (Å²) in [5.74, 6) is 0.0766. The standard InChI is InChI=1S/C11H14N6OS/c1-13-9(10(12)18)7-19-11-14-15-16-17(11)8-5-3-2-4-6-8/h2-6,9,13H,7H2,1H3,(H2,12,18). The first-order valence-electron chi connectivity index (χ1n) is 5.65. The smallest absolute Gasteiger partial charge is 0.235 e. The lowest BCUT2D eigenvalue weighted by molar-refractivity contribution is -0.119. The molecule has 0 aliphatic carbocycles. The van der Waals surface area contributed by atoms with Gasteiger partial charge in [0.25, 0.3) is 0 Å². The molecule has 1 amide bonds. The summed E-state index contributed by atoms with van der Waals surface area (Å²) in [7, 11) is 1.69. The molecule has 0 aliphatic rings. The minimum absolute atomic E-state index is 0.395. The van der Waals surface area contributed by atoms with E-state index in [4.69, 9.17) is 5.73 Å². The first-order valence-corrected chi connectivity index (χ1v) is 6.64. The van der Waals surface area contributed by atoms with E-state index in [0.29, 0.717) is 10.9 Å². The molecule has 3 N–H and O–H groups in total. The van der Waals surface area contributed by atoms with E-state index >= 15 is 0 Å². The average molecular weight is 278 g/mol. The van der Waals surface area contributed by atoms with Crippen LogP contribution in [0.1, 0.15) is 0 Å². The average Bonchev–Trinajstić information content (AvgIpc) is 2.88. The van der Waals surface area contributed by atoms with Crippen LogP contribution in [0.5, 0.6) is 0 Å². The Morgan fingerprint density at radius 1 is 1.47 bits per heavy atom. The minimum Gasteiger partial charge on any atom is -0.368 e. The zero-order chi connectivity index (χ0) is 13.7. The van der Waals surface area contributed by atoms with E-state index in [1.807, 2.05) is 30.3 Å². The fraction of sp³-hybridized carbons (Fsp3) is 0.273. The second kappa shape index (κ2) is 6.30. The summed E-state index contributed by atoms with van der Waals surface area (Å²) < 4.78 is 1.62. The molecule has 100 valence electrons. The number of hydrogen-bond acceptors (Lipinski definition) is 6. The molecule has 1 unspecified atom stereocenters. The van der Waals surface area contributed by atoms with Gasteiger partial charge in [0.05, 0.1) is 11.7 Å². The monoisotopic (exact) mass is 278 g/mol. The number of benzene rings is 1. The van der Waals surface area contributed by atoms with E-state index in [0.717, 1.165) is 5.69 Å². The molecule has 1 heterocycles. The molecule has 0 bridgehead atoms. The van der Waals surface area contributed by atoms with Crippen LogP contribution in [0.3, 0.4) is 0 Å². The van der Waals surface area contributed by atoms with Crippen molar-refractivity contribution < 1.29 is 4.79 Å². The number of carbonyl (C=O) groups is 1. The Labute approximate surface area is 114 Å². The number of rotatable bonds is 6. The lowest BCUT2D eigenvalue weighted by Crippen LogP contribution is -2.41. The van der Waals surface area contributed by atoms with Gasteiger partial charge < -0.3 is 11.1 Å². The van der Waals surface area contributed by atoms with Gasteiger partial charge in [-0.05, 0) is 29.6 Å². The van der Waals surface area contributed by atoms with Crippen LogP contribution in [0, 0.1) is 0 Å². The molecular formula is C11H14N6OS. The second-order valence-corrected chi connectivity index (χ2v) is 4.75. The number of nitrogens with zero attached hydrogens (tertiary/aromatic N) is 4. The van der Waals surface area contributed by atoms with Gasteiger partial charge in [-0.2, -0.15) is 4.68 Å². The predicted molar refractivity (Wildman–Crippen MR) is 71.9 cm³/mol. The third-order valence-corrected chi connectivity index (χ3v) is 3.53. The van der Waals surface area contributed by atoms with Crippen LogP contribution in [-0.2, 0) is 4.79 Å². The van der Waals surface area contributed by atoms with Crippen molar-refractivity contribution in [3.8, 4) is 5.69 Å². The summed E-state index contributed by atoms with van der Waals surface area (Å²) >= 11 is 1.37. The van der Waals surface area contributed by atoms with Crippen LogP contribution in [-0.4, -0.2) is 45.0 Å².